The third-order valence-corrected chi connectivity index (χ3v) is 0.733. The maximum Gasteiger partial charge on any atom is 0.123 e. The molecule has 0 fully saturated rings. The average Bonchev–Trinajstić information content (AvgIpc) is 2.08. The Kier molecular flexibility index (Phi) is 15.5. The van der Waals surface area contributed by atoms with E-state index < -0.39 is 0 Å². The molecule has 0 spiro atoms. The van der Waals surface area contributed by atoms with Crippen LogP contribution >= 0.6 is 0 Å². The molecule has 1 heteroatoms. The highest BCUT2D eigenvalue weighted by atomic mass is 19.1. The molecule has 0 aliphatic carbocycles. The average molecular weight is 184 g/mol. The Bertz CT molecular complexity index is 156. The molecule has 0 saturated carbocycles. The van der Waals surface area contributed by atoms with Crippen LogP contribution in [0.2, 0.25) is 0 Å². The lowest BCUT2D eigenvalue weighted by Gasteiger charge is -1.78. The van der Waals surface area contributed by atoms with Gasteiger partial charge in [-0.3, -0.25) is 0 Å². The van der Waals surface area contributed by atoms with Crippen molar-refractivity contribution in [1.29, 1.82) is 0 Å². The SMILES string of the molecule is CCC.CCC.Fc1ccccc1. The quantitative estimate of drug-likeness (QED) is 0.550. The number of rotatable bonds is 0. The maximum atomic E-state index is 11.9. The lowest BCUT2D eigenvalue weighted by atomic mass is 10.4. The Morgan fingerprint density at radius 3 is 1.31 bits per heavy atom. The van der Waals surface area contributed by atoms with Crippen LogP contribution in [0.4, 0.5) is 4.39 Å². The van der Waals surface area contributed by atoms with E-state index in [1.54, 1.807) is 18.2 Å². The zero-order valence-electron chi connectivity index (χ0n) is 9.18. The van der Waals surface area contributed by atoms with Crippen LogP contribution < -0.4 is 0 Å². The van der Waals surface area contributed by atoms with Gasteiger partial charge in [-0.05, 0) is 12.1 Å². The molecule has 0 saturated heterocycles. The van der Waals surface area contributed by atoms with Crippen LogP contribution in [-0.4, -0.2) is 0 Å². The van der Waals surface area contributed by atoms with E-state index >= 15 is 0 Å². The Morgan fingerprint density at radius 2 is 1.15 bits per heavy atom. The van der Waals surface area contributed by atoms with Gasteiger partial charge in [0.25, 0.3) is 0 Å². The number of hydrogen-bond donors (Lipinski definition) is 0. The van der Waals surface area contributed by atoms with Crippen molar-refractivity contribution < 1.29 is 4.39 Å². The molecule has 0 aliphatic heterocycles. The van der Waals surface area contributed by atoms with Gasteiger partial charge < -0.3 is 0 Å². The molecule has 0 aromatic heterocycles. The largest absolute Gasteiger partial charge is 0.207 e. The predicted octanol–water partition coefficient (Wildman–Crippen LogP) is 4.66. The van der Waals surface area contributed by atoms with Crippen LogP contribution in [0, 0.1) is 5.82 Å². The van der Waals surface area contributed by atoms with Gasteiger partial charge in [0.2, 0.25) is 0 Å². The highest BCUT2D eigenvalue weighted by Gasteiger charge is 1.77. The summed E-state index contributed by atoms with van der Waals surface area (Å²) in [6, 6.07) is 7.94. The number of benzene rings is 1. The molecule has 76 valence electrons. The monoisotopic (exact) mass is 184 g/mol. The van der Waals surface area contributed by atoms with Crippen molar-refractivity contribution in [3.63, 3.8) is 0 Å². The predicted molar refractivity (Wildman–Crippen MR) is 58.3 cm³/mol. The first-order valence-corrected chi connectivity index (χ1v) is 4.93. The second kappa shape index (κ2) is 13.7. The Labute approximate surface area is 81.8 Å². The van der Waals surface area contributed by atoms with Gasteiger partial charge >= 0.3 is 0 Å². The van der Waals surface area contributed by atoms with Crippen molar-refractivity contribution in [2.75, 3.05) is 0 Å². The first kappa shape index (κ1) is 14.7. The second-order valence-electron chi connectivity index (χ2n) is 2.71. The lowest BCUT2D eigenvalue weighted by Crippen LogP contribution is -1.63. The fraction of sp³-hybridized carbons (Fsp3) is 0.500. The normalized spacial score (nSPS) is 7.46. The fourth-order valence-electron chi connectivity index (χ4n) is 0.415. The molecule has 0 bridgehead atoms. The molecule has 0 heterocycles. The first-order chi connectivity index (χ1) is 6.22. The second-order valence-corrected chi connectivity index (χ2v) is 2.71. The van der Waals surface area contributed by atoms with Gasteiger partial charge in [0.1, 0.15) is 5.82 Å². The molecule has 1 aromatic carbocycles. The van der Waals surface area contributed by atoms with Crippen molar-refractivity contribution in [3.8, 4) is 0 Å². The molecule has 0 nitrogen and oxygen atoms in total. The maximum absolute atomic E-state index is 11.9. The third kappa shape index (κ3) is 18.3. The smallest absolute Gasteiger partial charge is 0.123 e. The zero-order valence-corrected chi connectivity index (χ0v) is 9.18. The van der Waals surface area contributed by atoms with Crippen LogP contribution in [-0.2, 0) is 0 Å². The summed E-state index contributed by atoms with van der Waals surface area (Å²) in [6.07, 6.45) is 2.50. The van der Waals surface area contributed by atoms with E-state index in [9.17, 15) is 4.39 Å². The summed E-state index contributed by atoms with van der Waals surface area (Å²) < 4.78 is 11.9. The minimum Gasteiger partial charge on any atom is -0.207 e. The van der Waals surface area contributed by atoms with Gasteiger partial charge in [0, 0.05) is 0 Å². The van der Waals surface area contributed by atoms with Crippen LogP contribution in [0.15, 0.2) is 30.3 Å². The van der Waals surface area contributed by atoms with E-state index in [1.807, 2.05) is 0 Å². The summed E-state index contributed by atoms with van der Waals surface area (Å²) in [7, 11) is 0. The van der Waals surface area contributed by atoms with Gasteiger partial charge in [0.15, 0.2) is 0 Å². The highest BCUT2D eigenvalue weighted by Crippen LogP contribution is 1.91. The summed E-state index contributed by atoms with van der Waals surface area (Å²) in [5, 5.41) is 0. The lowest BCUT2D eigenvalue weighted by molar-refractivity contribution is 0.628. The zero-order chi connectivity index (χ0) is 10.5. The summed E-state index contributed by atoms with van der Waals surface area (Å²) in [4.78, 5) is 0. The highest BCUT2D eigenvalue weighted by molar-refractivity contribution is 5.02. The topological polar surface area (TPSA) is 0 Å². The standard InChI is InChI=1S/C6H5F.2C3H8/c7-6-4-2-1-3-5-6;2*1-3-2/h1-5H;2*3H2,1-2H3. The Morgan fingerprint density at radius 1 is 0.846 bits per heavy atom. The van der Waals surface area contributed by atoms with Crippen LogP contribution in [0.5, 0.6) is 0 Å². The third-order valence-electron chi connectivity index (χ3n) is 0.733. The molecule has 0 aliphatic rings. The van der Waals surface area contributed by atoms with Crippen molar-refractivity contribution in [2.24, 2.45) is 0 Å². The van der Waals surface area contributed by atoms with E-state index in [4.69, 9.17) is 0 Å². The van der Waals surface area contributed by atoms with E-state index in [0.717, 1.165) is 0 Å². The van der Waals surface area contributed by atoms with Crippen LogP contribution in [0.25, 0.3) is 0 Å². The molecular weight excluding hydrogens is 163 g/mol. The van der Waals surface area contributed by atoms with Gasteiger partial charge in [-0.2, -0.15) is 0 Å². The van der Waals surface area contributed by atoms with Crippen LogP contribution in [0.1, 0.15) is 40.5 Å². The van der Waals surface area contributed by atoms with Crippen LogP contribution in [0.3, 0.4) is 0 Å². The van der Waals surface area contributed by atoms with Gasteiger partial charge in [-0.25, -0.2) is 4.39 Å². The van der Waals surface area contributed by atoms with Crippen molar-refractivity contribution in [3.05, 3.63) is 36.1 Å². The molecule has 1 aromatic rings. The van der Waals surface area contributed by atoms with Crippen molar-refractivity contribution in [1.82, 2.24) is 0 Å². The Hall–Kier alpha value is -0.850. The number of halogens is 1. The summed E-state index contributed by atoms with van der Waals surface area (Å²) in [6.45, 7) is 8.50. The molecular formula is C12H21F. The van der Waals surface area contributed by atoms with E-state index in [1.165, 1.54) is 25.0 Å². The van der Waals surface area contributed by atoms with E-state index in [-0.39, 0.29) is 5.82 Å². The van der Waals surface area contributed by atoms with Crippen molar-refractivity contribution in [2.45, 2.75) is 40.5 Å². The molecule has 0 atom stereocenters. The summed E-state index contributed by atoms with van der Waals surface area (Å²) in [5.74, 6) is -0.178. The van der Waals surface area contributed by atoms with Crippen molar-refractivity contribution >= 4 is 0 Å². The van der Waals surface area contributed by atoms with E-state index in [0.29, 0.717) is 0 Å². The molecule has 1 rings (SSSR count). The molecule has 0 unspecified atom stereocenters. The summed E-state index contributed by atoms with van der Waals surface area (Å²) in [5.41, 5.74) is 0. The minimum absolute atomic E-state index is 0.178. The summed E-state index contributed by atoms with van der Waals surface area (Å²) >= 11 is 0. The van der Waals surface area contributed by atoms with Gasteiger partial charge in [-0.15, -0.1) is 0 Å². The fourth-order valence-corrected chi connectivity index (χ4v) is 0.415. The van der Waals surface area contributed by atoms with E-state index in [2.05, 4.69) is 27.7 Å². The molecule has 0 amide bonds. The molecule has 13 heavy (non-hydrogen) atoms. The first-order valence-electron chi connectivity index (χ1n) is 4.93. The molecule has 0 N–H and O–H groups in total. The van der Waals surface area contributed by atoms with Gasteiger partial charge in [0.05, 0.1) is 0 Å². The molecule has 0 radical (unpaired) electrons. The Balaban J connectivity index is 0. The number of hydrogen-bond acceptors (Lipinski definition) is 0. The minimum atomic E-state index is -0.178. The van der Waals surface area contributed by atoms with Gasteiger partial charge in [-0.1, -0.05) is 58.7 Å².